The SMILES string of the molecule is COc1ccc(-c2nn3c(C(C)C)nnc3c3ccccc23)cc1. The van der Waals surface area contributed by atoms with Gasteiger partial charge in [-0.25, -0.2) is 0 Å². The molecule has 0 saturated heterocycles. The van der Waals surface area contributed by atoms with Crippen molar-refractivity contribution in [1.29, 1.82) is 0 Å². The monoisotopic (exact) mass is 318 g/mol. The molecule has 2 aromatic heterocycles. The van der Waals surface area contributed by atoms with Crippen molar-refractivity contribution < 1.29 is 4.74 Å². The molecular formula is C19H18N4O. The second-order valence-corrected chi connectivity index (χ2v) is 6.07. The third kappa shape index (κ3) is 2.21. The van der Waals surface area contributed by atoms with Gasteiger partial charge in [0.05, 0.1) is 12.8 Å². The van der Waals surface area contributed by atoms with Gasteiger partial charge in [0.2, 0.25) is 0 Å². The summed E-state index contributed by atoms with van der Waals surface area (Å²) in [5.74, 6) is 1.94. The molecule has 0 radical (unpaired) electrons. The van der Waals surface area contributed by atoms with Crippen LogP contribution in [-0.4, -0.2) is 26.9 Å². The smallest absolute Gasteiger partial charge is 0.185 e. The van der Waals surface area contributed by atoms with Crippen LogP contribution in [0.25, 0.3) is 27.7 Å². The van der Waals surface area contributed by atoms with Gasteiger partial charge in [0.25, 0.3) is 0 Å². The Kier molecular flexibility index (Phi) is 3.41. The largest absolute Gasteiger partial charge is 0.497 e. The maximum atomic E-state index is 5.26. The summed E-state index contributed by atoms with van der Waals surface area (Å²) in [6.07, 6.45) is 0. The fourth-order valence-electron chi connectivity index (χ4n) is 2.92. The number of aromatic nitrogens is 4. The van der Waals surface area contributed by atoms with E-state index in [-0.39, 0.29) is 5.92 Å². The fourth-order valence-corrected chi connectivity index (χ4v) is 2.92. The summed E-state index contributed by atoms with van der Waals surface area (Å²) in [4.78, 5) is 0. The van der Waals surface area contributed by atoms with Gasteiger partial charge >= 0.3 is 0 Å². The lowest BCUT2D eigenvalue weighted by atomic mass is 10.0. The molecule has 0 spiro atoms. The van der Waals surface area contributed by atoms with Crippen LogP contribution in [0, 0.1) is 0 Å². The highest BCUT2D eigenvalue weighted by atomic mass is 16.5. The topological polar surface area (TPSA) is 52.3 Å². The van der Waals surface area contributed by atoms with Gasteiger partial charge in [0, 0.05) is 22.3 Å². The second-order valence-electron chi connectivity index (χ2n) is 6.07. The highest BCUT2D eigenvalue weighted by Crippen LogP contribution is 2.30. The molecule has 0 N–H and O–H groups in total. The van der Waals surface area contributed by atoms with Gasteiger partial charge in [-0.15, -0.1) is 10.2 Å². The summed E-state index contributed by atoms with van der Waals surface area (Å²) in [6.45, 7) is 4.20. The van der Waals surface area contributed by atoms with Crippen LogP contribution in [0.3, 0.4) is 0 Å². The zero-order chi connectivity index (χ0) is 16.7. The fraction of sp³-hybridized carbons (Fsp3) is 0.211. The zero-order valence-corrected chi connectivity index (χ0v) is 13.9. The molecule has 5 heteroatoms. The van der Waals surface area contributed by atoms with E-state index in [9.17, 15) is 0 Å². The van der Waals surface area contributed by atoms with Crippen LogP contribution in [0.15, 0.2) is 48.5 Å². The van der Waals surface area contributed by atoms with E-state index in [1.165, 1.54) is 0 Å². The Morgan fingerprint density at radius 1 is 0.917 bits per heavy atom. The quantitative estimate of drug-likeness (QED) is 0.571. The summed E-state index contributed by atoms with van der Waals surface area (Å²) in [5.41, 5.74) is 2.76. The molecule has 120 valence electrons. The molecule has 0 bridgehead atoms. The molecular weight excluding hydrogens is 300 g/mol. The molecule has 2 aromatic carbocycles. The van der Waals surface area contributed by atoms with E-state index < -0.39 is 0 Å². The van der Waals surface area contributed by atoms with Gasteiger partial charge in [0.1, 0.15) is 5.75 Å². The van der Waals surface area contributed by atoms with Crippen LogP contribution < -0.4 is 4.74 Å². The summed E-state index contributed by atoms with van der Waals surface area (Å²) in [5, 5.41) is 15.7. The van der Waals surface area contributed by atoms with E-state index in [2.05, 4.69) is 36.2 Å². The Labute approximate surface area is 139 Å². The highest BCUT2D eigenvalue weighted by Gasteiger charge is 2.16. The third-order valence-electron chi connectivity index (χ3n) is 4.17. The van der Waals surface area contributed by atoms with Crippen LogP contribution >= 0.6 is 0 Å². The van der Waals surface area contributed by atoms with E-state index >= 15 is 0 Å². The van der Waals surface area contributed by atoms with E-state index in [0.29, 0.717) is 0 Å². The number of ether oxygens (including phenoxy) is 1. The summed E-state index contributed by atoms with van der Waals surface area (Å²) in [7, 11) is 1.67. The molecule has 0 aliphatic rings. The predicted octanol–water partition coefficient (Wildman–Crippen LogP) is 4.08. The minimum atomic E-state index is 0.248. The minimum Gasteiger partial charge on any atom is -0.497 e. The van der Waals surface area contributed by atoms with Crippen LogP contribution in [0.1, 0.15) is 25.6 Å². The third-order valence-corrected chi connectivity index (χ3v) is 4.17. The molecule has 2 heterocycles. The number of methoxy groups -OCH3 is 1. The molecule has 0 aliphatic heterocycles. The van der Waals surface area contributed by atoms with Gasteiger partial charge in [0.15, 0.2) is 11.5 Å². The van der Waals surface area contributed by atoms with Crippen molar-refractivity contribution in [2.24, 2.45) is 0 Å². The van der Waals surface area contributed by atoms with Gasteiger partial charge in [-0.2, -0.15) is 9.61 Å². The summed E-state index contributed by atoms with van der Waals surface area (Å²) >= 11 is 0. The van der Waals surface area contributed by atoms with Gasteiger partial charge in [-0.05, 0) is 24.3 Å². The molecule has 0 atom stereocenters. The summed E-state index contributed by atoms with van der Waals surface area (Å²) in [6, 6.07) is 16.1. The van der Waals surface area contributed by atoms with Crippen molar-refractivity contribution in [3.8, 4) is 17.0 Å². The molecule has 0 amide bonds. The molecule has 0 saturated carbocycles. The zero-order valence-electron chi connectivity index (χ0n) is 13.9. The van der Waals surface area contributed by atoms with Gasteiger partial charge in [-0.3, -0.25) is 0 Å². The normalized spacial score (nSPS) is 11.5. The van der Waals surface area contributed by atoms with Crippen molar-refractivity contribution in [2.75, 3.05) is 7.11 Å². The minimum absolute atomic E-state index is 0.248. The molecule has 24 heavy (non-hydrogen) atoms. The van der Waals surface area contributed by atoms with E-state index in [1.54, 1.807) is 7.11 Å². The van der Waals surface area contributed by atoms with E-state index in [1.807, 2.05) is 40.9 Å². The van der Waals surface area contributed by atoms with Gasteiger partial charge in [-0.1, -0.05) is 38.1 Å². The van der Waals surface area contributed by atoms with E-state index in [0.717, 1.165) is 39.3 Å². The van der Waals surface area contributed by atoms with Gasteiger partial charge < -0.3 is 4.74 Å². The summed E-state index contributed by atoms with van der Waals surface area (Å²) < 4.78 is 7.12. The first-order chi connectivity index (χ1) is 11.7. The molecule has 4 aromatic rings. The standard InChI is InChI=1S/C19H18N4O/c1-12(2)18-20-21-19-16-7-5-4-6-15(16)17(22-23(18)19)13-8-10-14(24-3)11-9-13/h4-12H,1-3H3. The lowest BCUT2D eigenvalue weighted by Crippen LogP contribution is -2.03. The molecule has 4 rings (SSSR count). The van der Waals surface area contributed by atoms with Crippen LogP contribution in [0.4, 0.5) is 0 Å². The number of nitrogens with zero attached hydrogens (tertiary/aromatic N) is 4. The van der Waals surface area contributed by atoms with Crippen LogP contribution in [-0.2, 0) is 0 Å². The first kappa shape index (κ1) is 14.6. The number of hydrogen-bond acceptors (Lipinski definition) is 4. The lowest BCUT2D eigenvalue weighted by Gasteiger charge is -2.10. The van der Waals surface area contributed by atoms with Crippen molar-refractivity contribution >= 4 is 16.4 Å². The average Bonchev–Trinajstić information content (AvgIpc) is 3.05. The van der Waals surface area contributed by atoms with Crippen molar-refractivity contribution in [1.82, 2.24) is 19.8 Å². The van der Waals surface area contributed by atoms with Crippen molar-refractivity contribution in [2.45, 2.75) is 19.8 Å². The Morgan fingerprint density at radius 3 is 2.29 bits per heavy atom. The first-order valence-electron chi connectivity index (χ1n) is 7.97. The molecule has 5 nitrogen and oxygen atoms in total. The Bertz CT molecular complexity index is 1020. The lowest BCUT2D eigenvalue weighted by molar-refractivity contribution is 0.415. The van der Waals surface area contributed by atoms with Crippen LogP contribution in [0.5, 0.6) is 5.75 Å². The number of hydrogen-bond donors (Lipinski definition) is 0. The van der Waals surface area contributed by atoms with Crippen LogP contribution in [0.2, 0.25) is 0 Å². The Hall–Kier alpha value is -2.95. The maximum absolute atomic E-state index is 5.26. The molecule has 0 fully saturated rings. The Balaban J connectivity index is 2.06. The first-order valence-corrected chi connectivity index (χ1v) is 7.97. The predicted molar refractivity (Wildman–Crippen MR) is 94.4 cm³/mol. The average molecular weight is 318 g/mol. The Morgan fingerprint density at radius 2 is 1.62 bits per heavy atom. The second kappa shape index (κ2) is 5.60. The van der Waals surface area contributed by atoms with Crippen molar-refractivity contribution in [3.63, 3.8) is 0 Å². The molecule has 0 aliphatic carbocycles. The van der Waals surface area contributed by atoms with Crippen molar-refractivity contribution in [3.05, 3.63) is 54.4 Å². The highest BCUT2D eigenvalue weighted by molar-refractivity contribution is 6.01. The molecule has 0 unspecified atom stereocenters. The number of benzene rings is 2. The number of rotatable bonds is 3. The van der Waals surface area contributed by atoms with E-state index in [4.69, 9.17) is 9.84 Å². The number of fused-ring (bicyclic) bond motifs is 3. The maximum Gasteiger partial charge on any atom is 0.185 e.